The first-order chi connectivity index (χ1) is 7.33. The van der Waals surface area contributed by atoms with E-state index in [4.69, 9.17) is 0 Å². The molecule has 0 aliphatic rings. The third kappa shape index (κ3) is 4.98. The third-order valence-electron chi connectivity index (χ3n) is 1.64. The fourth-order valence-corrected chi connectivity index (χ4v) is 0.939. The summed E-state index contributed by atoms with van der Waals surface area (Å²) in [5, 5.41) is 0. The SMILES string of the molecule is CCCOOC(=O)/C=C/c1ccccc1. The molecule has 1 aromatic carbocycles. The maximum absolute atomic E-state index is 11.1. The molecule has 3 nitrogen and oxygen atoms in total. The number of hydrogen-bond acceptors (Lipinski definition) is 3. The van der Waals surface area contributed by atoms with Crippen LogP contribution in [0.5, 0.6) is 0 Å². The van der Waals surface area contributed by atoms with E-state index in [1.54, 1.807) is 6.08 Å². The fourth-order valence-electron chi connectivity index (χ4n) is 0.939. The van der Waals surface area contributed by atoms with Gasteiger partial charge in [0.2, 0.25) is 0 Å². The second-order valence-corrected chi connectivity index (χ2v) is 2.97. The highest BCUT2D eigenvalue weighted by molar-refractivity contribution is 5.86. The highest BCUT2D eigenvalue weighted by Gasteiger charge is 1.96. The van der Waals surface area contributed by atoms with Gasteiger partial charge in [0.1, 0.15) is 0 Å². The lowest BCUT2D eigenvalue weighted by atomic mass is 10.2. The highest BCUT2D eigenvalue weighted by atomic mass is 17.2. The van der Waals surface area contributed by atoms with Crippen molar-refractivity contribution in [1.29, 1.82) is 0 Å². The molecule has 15 heavy (non-hydrogen) atoms. The maximum atomic E-state index is 11.1. The average Bonchev–Trinajstić information content (AvgIpc) is 2.28. The first-order valence-corrected chi connectivity index (χ1v) is 4.89. The van der Waals surface area contributed by atoms with Crippen LogP contribution in [0.1, 0.15) is 18.9 Å². The fraction of sp³-hybridized carbons (Fsp3) is 0.250. The van der Waals surface area contributed by atoms with Gasteiger partial charge in [-0.1, -0.05) is 37.3 Å². The molecule has 0 saturated heterocycles. The Morgan fingerprint density at radius 3 is 2.73 bits per heavy atom. The van der Waals surface area contributed by atoms with Crippen molar-refractivity contribution in [2.75, 3.05) is 6.61 Å². The van der Waals surface area contributed by atoms with Crippen molar-refractivity contribution >= 4 is 12.0 Å². The molecule has 0 aliphatic heterocycles. The summed E-state index contributed by atoms with van der Waals surface area (Å²) in [5.74, 6) is -0.493. The average molecular weight is 206 g/mol. The van der Waals surface area contributed by atoms with Crippen molar-refractivity contribution in [2.24, 2.45) is 0 Å². The molecule has 0 heterocycles. The second kappa shape index (κ2) is 6.79. The molecular formula is C12H14O3. The van der Waals surface area contributed by atoms with Crippen molar-refractivity contribution in [1.82, 2.24) is 0 Å². The van der Waals surface area contributed by atoms with E-state index in [0.29, 0.717) is 6.61 Å². The molecule has 1 rings (SSSR count). The molecule has 0 radical (unpaired) electrons. The zero-order chi connectivity index (χ0) is 10.9. The minimum atomic E-state index is -0.493. The molecule has 0 spiro atoms. The standard InChI is InChI=1S/C12H14O3/c1-2-10-14-15-12(13)9-8-11-6-4-3-5-7-11/h3-9H,2,10H2,1H3/b9-8+. The summed E-state index contributed by atoms with van der Waals surface area (Å²) in [7, 11) is 0. The molecule has 1 aromatic rings. The summed E-state index contributed by atoms with van der Waals surface area (Å²) in [6.07, 6.45) is 3.83. The highest BCUT2D eigenvalue weighted by Crippen LogP contribution is 2.01. The summed E-state index contributed by atoms with van der Waals surface area (Å²) in [5.41, 5.74) is 0.949. The van der Waals surface area contributed by atoms with Crippen molar-refractivity contribution < 1.29 is 14.6 Å². The molecule has 0 N–H and O–H groups in total. The first-order valence-electron chi connectivity index (χ1n) is 4.89. The topological polar surface area (TPSA) is 35.5 Å². The van der Waals surface area contributed by atoms with Gasteiger partial charge in [-0.2, -0.15) is 4.89 Å². The van der Waals surface area contributed by atoms with E-state index in [0.717, 1.165) is 12.0 Å². The van der Waals surface area contributed by atoms with Crippen LogP contribution in [0.2, 0.25) is 0 Å². The quantitative estimate of drug-likeness (QED) is 0.321. The lowest BCUT2D eigenvalue weighted by Gasteiger charge is -1.97. The smallest absolute Gasteiger partial charge is 0.294 e. The Hall–Kier alpha value is -1.61. The molecule has 0 aliphatic carbocycles. The van der Waals surface area contributed by atoms with E-state index < -0.39 is 5.97 Å². The maximum Gasteiger partial charge on any atom is 0.365 e. The van der Waals surface area contributed by atoms with Gasteiger partial charge < -0.3 is 0 Å². The monoisotopic (exact) mass is 206 g/mol. The van der Waals surface area contributed by atoms with Gasteiger partial charge in [-0.25, -0.2) is 4.79 Å². The van der Waals surface area contributed by atoms with Crippen molar-refractivity contribution in [3.63, 3.8) is 0 Å². The minimum absolute atomic E-state index is 0.422. The Morgan fingerprint density at radius 1 is 1.33 bits per heavy atom. The largest absolute Gasteiger partial charge is 0.365 e. The normalized spacial score (nSPS) is 10.5. The van der Waals surface area contributed by atoms with Crippen LogP contribution in [0.3, 0.4) is 0 Å². The van der Waals surface area contributed by atoms with Gasteiger partial charge in [0.25, 0.3) is 0 Å². The van der Waals surface area contributed by atoms with Crippen LogP contribution in [0.15, 0.2) is 36.4 Å². The van der Waals surface area contributed by atoms with Crippen LogP contribution in [0.25, 0.3) is 6.08 Å². The molecule has 0 unspecified atom stereocenters. The minimum Gasteiger partial charge on any atom is -0.294 e. The van der Waals surface area contributed by atoms with E-state index in [9.17, 15) is 4.79 Å². The van der Waals surface area contributed by atoms with Gasteiger partial charge in [-0.3, -0.25) is 4.89 Å². The Kier molecular flexibility index (Phi) is 5.19. The van der Waals surface area contributed by atoms with Crippen molar-refractivity contribution in [3.05, 3.63) is 42.0 Å². The van der Waals surface area contributed by atoms with Gasteiger partial charge >= 0.3 is 5.97 Å². The summed E-state index contributed by atoms with van der Waals surface area (Å²) >= 11 is 0. The Morgan fingerprint density at radius 2 is 2.07 bits per heavy atom. The molecule has 0 aromatic heterocycles. The van der Waals surface area contributed by atoms with Crippen LogP contribution in [-0.4, -0.2) is 12.6 Å². The molecule has 0 fully saturated rings. The predicted molar refractivity (Wildman–Crippen MR) is 57.8 cm³/mol. The Balaban J connectivity index is 2.34. The lowest BCUT2D eigenvalue weighted by Crippen LogP contribution is -2.02. The molecule has 0 amide bonds. The molecule has 0 bridgehead atoms. The third-order valence-corrected chi connectivity index (χ3v) is 1.64. The summed E-state index contributed by atoms with van der Waals surface area (Å²) in [4.78, 5) is 20.2. The number of hydrogen-bond donors (Lipinski definition) is 0. The van der Waals surface area contributed by atoms with Gasteiger partial charge in [-0.05, 0) is 18.1 Å². The van der Waals surface area contributed by atoms with Gasteiger partial charge in [0.15, 0.2) is 0 Å². The van der Waals surface area contributed by atoms with Crippen molar-refractivity contribution in [2.45, 2.75) is 13.3 Å². The van der Waals surface area contributed by atoms with E-state index >= 15 is 0 Å². The molecular weight excluding hydrogens is 192 g/mol. The van der Waals surface area contributed by atoms with E-state index in [1.165, 1.54) is 6.08 Å². The van der Waals surface area contributed by atoms with Gasteiger partial charge in [0.05, 0.1) is 6.61 Å². The van der Waals surface area contributed by atoms with Crippen LogP contribution >= 0.6 is 0 Å². The zero-order valence-electron chi connectivity index (χ0n) is 8.68. The predicted octanol–water partition coefficient (Wildman–Crippen LogP) is 2.58. The number of carbonyl (C=O) groups excluding carboxylic acids is 1. The van der Waals surface area contributed by atoms with E-state index in [1.807, 2.05) is 37.3 Å². The number of benzene rings is 1. The summed E-state index contributed by atoms with van der Waals surface area (Å²) in [6, 6.07) is 9.52. The zero-order valence-corrected chi connectivity index (χ0v) is 8.68. The van der Waals surface area contributed by atoms with E-state index in [2.05, 4.69) is 9.78 Å². The van der Waals surface area contributed by atoms with Crippen LogP contribution < -0.4 is 0 Å². The van der Waals surface area contributed by atoms with Crippen LogP contribution in [-0.2, 0) is 14.6 Å². The van der Waals surface area contributed by atoms with Crippen molar-refractivity contribution in [3.8, 4) is 0 Å². The molecule has 0 saturated carbocycles. The van der Waals surface area contributed by atoms with Crippen LogP contribution in [0.4, 0.5) is 0 Å². The molecule has 80 valence electrons. The second-order valence-electron chi connectivity index (χ2n) is 2.97. The summed E-state index contributed by atoms with van der Waals surface area (Å²) in [6.45, 7) is 2.36. The Labute approximate surface area is 89.2 Å². The number of carbonyl (C=O) groups is 1. The number of rotatable bonds is 5. The lowest BCUT2D eigenvalue weighted by molar-refractivity contribution is -0.267. The van der Waals surface area contributed by atoms with Gasteiger partial charge in [-0.15, -0.1) is 0 Å². The first kappa shape index (κ1) is 11.5. The van der Waals surface area contributed by atoms with Crippen LogP contribution in [0, 0.1) is 0 Å². The molecule has 0 atom stereocenters. The van der Waals surface area contributed by atoms with E-state index in [-0.39, 0.29) is 0 Å². The summed E-state index contributed by atoms with van der Waals surface area (Å²) < 4.78 is 0. The van der Waals surface area contributed by atoms with Gasteiger partial charge in [0, 0.05) is 6.08 Å². The Bertz CT molecular complexity index is 317. The molecule has 3 heteroatoms.